The molecule has 0 aliphatic carbocycles. The molecule has 0 unspecified atom stereocenters. The lowest BCUT2D eigenvalue weighted by molar-refractivity contribution is -0.179. The number of Topliss-reactive ketones (excluding diaryl/α,β-unsaturated/α-hetero) is 1. The zero-order chi connectivity index (χ0) is 22.9. The highest BCUT2D eigenvalue weighted by atomic mass is 32.2. The maximum Gasteiger partial charge on any atom is 0.306 e. The molecule has 170 valence electrons. The van der Waals surface area contributed by atoms with Gasteiger partial charge in [0.25, 0.3) is 0 Å². The number of benzene rings is 1. The smallest absolute Gasteiger partial charge is 0.306 e. The second-order valence-corrected chi connectivity index (χ2v) is 9.83. The Morgan fingerprint density at radius 3 is 2.45 bits per heavy atom. The third kappa shape index (κ3) is 5.01. The molecule has 8 nitrogen and oxygen atoms in total. The minimum atomic E-state index is -1.94. The van der Waals surface area contributed by atoms with Gasteiger partial charge in [-0.2, -0.15) is 0 Å². The summed E-state index contributed by atoms with van der Waals surface area (Å²) in [4.78, 5) is 28.9. The van der Waals surface area contributed by atoms with Crippen molar-refractivity contribution < 1.29 is 34.8 Å². The number of esters is 1. The molecule has 0 bridgehead atoms. The molecule has 2 aliphatic heterocycles. The van der Waals surface area contributed by atoms with E-state index < -0.39 is 46.6 Å². The van der Waals surface area contributed by atoms with E-state index in [9.17, 15) is 30.0 Å². The molecule has 0 amide bonds. The van der Waals surface area contributed by atoms with Crippen LogP contribution in [0.4, 0.5) is 0 Å². The lowest BCUT2D eigenvalue weighted by Gasteiger charge is -2.39. The van der Waals surface area contributed by atoms with Gasteiger partial charge in [-0.15, -0.1) is 0 Å². The summed E-state index contributed by atoms with van der Waals surface area (Å²) in [7, 11) is 0. The number of aliphatic hydroxyl groups excluding tert-OH is 1. The number of hydrogen-bond acceptors (Lipinski definition) is 9. The summed E-state index contributed by atoms with van der Waals surface area (Å²) < 4.78 is 5.14. The second kappa shape index (κ2) is 8.99. The topological polar surface area (TPSA) is 137 Å². The molecular weight excluding hydrogens is 422 g/mol. The van der Waals surface area contributed by atoms with Crippen molar-refractivity contribution >= 4 is 28.6 Å². The predicted molar refractivity (Wildman–Crippen MR) is 116 cm³/mol. The highest BCUT2D eigenvalue weighted by Gasteiger charge is 2.56. The zero-order valence-electron chi connectivity index (χ0n) is 17.7. The van der Waals surface area contributed by atoms with E-state index in [1.165, 1.54) is 25.6 Å². The molecule has 0 aromatic heterocycles. The fourth-order valence-corrected chi connectivity index (χ4v) is 5.30. The van der Waals surface area contributed by atoms with Crippen LogP contribution < -0.4 is 0 Å². The summed E-state index contributed by atoms with van der Waals surface area (Å²) in [6, 6.07) is 9.23. The van der Waals surface area contributed by atoms with E-state index in [0.29, 0.717) is 17.9 Å². The Bertz CT molecular complexity index is 855. The lowest BCUT2D eigenvalue weighted by Crippen LogP contribution is -2.58. The van der Waals surface area contributed by atoms with Crippen LogP contribution in [0.15, 0.2) is 35.3 Å². The standard InChI is InChI=1S/C22H29NO7S/c1-20(27)12-6-9-16-22(29,23-19(31-16)14-7-4-3-5-8-14)21(2,28)13-30-17(25)11-10-15(24)18(20)26/h3-5,7-8,15-16,24,27-29H,6,9-13H2,1-2H3/t15-,16+,20+,21-,22+/m1/s1. The van der Waals surface area contributed by atoms with Crippen LogP contribution in [0.1, 0.15) is 51.5 Å². The number of ether oxygens (including phenoxy) is 1. The predicted octanol–water partition coefficient (Wildman–Crippen LogP) is 1.18. The van der Waals surface area contributed by atoms with Gasteiger partial charge in [-0.1, -0.05) is 42.1 Å². The number of carbonyl (C=O) groups is 2. The summed E-state index contributed by atoms with van der Waals surface area (Å²) >= 11 is 1.29. The van der Waals surface area contributed by atoms with Crippen LogP contribution in [0.3, 0.4) is 0 Å². The Kier molecular flexibility index (Phi) is 6.93. The van der Waals surface area contributed by atoms with Crippen molar-refractivity contribution in [2.75, 3.05) is 6.61 Å². The van der Waals surface area contributed by atoms with Gasteiger partial charge in [0.2, 0.25) is 5.72 Å². The largest absolute Gasteiger partial charge is 0.462 e. The quantitative estimate of drug-likeness (QED) is 0.467. The summed E-state index contributed by atoms with van der Waals surface area (Å²) in [5, 5.41) is 43.1. The number of hydrogen-bond donors (Lipinski definition) is 4. The van der Waals surface area contributed by atoms with Gasteiger partial charge in [0.1, 0.15) is 29.0 Å². The molecule has 3 rings (SSSR count). The molecule has 4 N–H and O–H groups in total. The third-order valence-electron chi connectivity index (χ3n) is 5.89. The van der Waals surface area contributed by atoms with Gasteiger partial charge < -0.3 is 25.2 Å². The minimum absolute atomic E-state index is 0.0588. The molecule has 1 saturated heterocycles. The van der Waals surface area contributed by atoms with Crippen LogP contribution in [-0.4, -0.2) is 72.1 Å². The van der Waals surface area contributed by atoms with Crippen LogP contribution in [0.2, 0.25) is 0 Å². The van der Waals surface area contributed by atoms with Crippen molar-refractivity contribution in [3.05, 3.63) is 35.9 Å². The summed E-state index contributed by atoms with van der Waals surface area (Å²) in [5.41, 5.74) is -4.81. The van der Waals surface area contributed by atoms with Crippen molar-refractivity contribution in [1.29, 1.82) is 0 Å². The first kappa shape index (κ1) is 23.9. The van der Waals surface area contributed by atoms with E-state index in [0.717, 1.165) is 5.56 Å². The molecule has 0 radical (unpaired) electrons. The SMILES string of the molecule is C[C@]1(O)CCC[C@@H]2SC(c3ccccc3)=N[C@@]2(O)[C@](C)(O)COC(=O)CC[C@@H](O)C1=O. The van der Waals surface area contributed by atoms with E-state index >= 15 is 0 Å². The van der Waals surface area contributed by atoms with Crippen molar-refractivity contribution in [1.82, 2.24) is 0 Å². The highest BCUT2D eigenvalue weighted by molar-refractivity contribution is 8.15. The summed E-state index contributed by atoms with van der Waals surface area (Å²) in [5.74, 6) is -1.48. The van der Waals surface area contributed by atoms with E-state index in [1.54, 1.807) is 0 Å². The Labute approximate surface area is 185 Å². The Morgan fingerprint density at radius 2 is 1.77 bits per heavy atom. The van der Waals surface area contributed by atoms with Crippen LogP contribution in [0.25, 0.3) is 0 Å². The van der Waals surface area contributed by atoms with E-state index in [4.69, 9.17) is 4.74 Å². The van der Waals surface area contributed by atoms with Crippen LogP contribution >= 0.6 is 11.8 Å². The van der Waals surface area contributed by atoms with E-state index in [-0.39, 0.29) is 19.3 Å². The average molecular weight is 452 g/mol. The first-order chi connectivity index (χ1) is 14.5. The minimum Gasteiger partial charge on any atom is -0.462 e. The normalized spacial score (nSPS) is 38.1. The number of ketones is 1. The molecule has 1 aromatic rings. The second-order valence-electron chi connectivity index (χ2n) is 8.63. The lowest BCUT2D eigenvalue weighted by atomic mass is 9.85. The summed E-state index contributed by atoms with van der Waals surface area (Å²) in [6.07, 6.45) is -1.23. The van der Waals surface area contributed by atoms with Crippen molar-refractivity contribution in [3.63, 3.8) is 0 Å². The monoisotopic (exact) mass is 451 g/mol. The first-order valence-electron chi connectivity index (χ1n) is 10.3. The number of nitrogens with zero attached hydrogens (tertiary/aromatic N) is 1. The molecular formula is C22H29NO7S. The van der Waals surface area contributed by atoms with Gasteiger partial charge in [-0.05, 0) is 39.5 Å². The van der Waals surface area contributed by atoms with Gasteiger partial charge in [0, 0.05) is 12.0 Å². The number of thioether (sulfide) groups is 1. The fraction of sp³-hybridized carbons (Fsp3) is 0.591. The van der Waals surface area contributed by atoms with Crippen LogP contribution in [-0.2, 0) is 14.3 Å². The number of aliphatic hydroxyl groups is 4. The van der Waals surface area contributed by atoms with Gasteiger partial charge in [-0.3, -0.25) is 9.59 Å². The molecule has 9 heteroatoms. The van der Waals surface area contributed by atoms with Crippen molar-refractivity contribution in [3.8, 4) is 0 Å². The van der Waals surface area contributed by atoms with Gasteiger partial charge >= 0.3 is 5.97 Å². The Balaban J connectivity index is 1.92. The van der Waals surface area contributed by atoms with Crippen molar-refractivity contribution in [2.45, 2.75) is 74.2 Å². The average Bonchev–Trinajstić information content (AvgIpc) is 3.08. The molecule has 1 aromatic carbocycles. The third-order valence-corrected chi connectivity index (χ3v) is 7.29. The maximum absolute atomic E-state index is 12.4. The highest BCUT2D eigenvalue weighted by Crippen LogP contribution is 2.45. The Hall–Kier alpha value is -1.78. The molecule has 31 heavy (non-hydrogen) atoms. The molecule has 0 saturated carbocycles. The molecule has 1 fully saturated rings. The van der Waals surface area contributed by atoms with Crippen LogP contribution in [0, 0.1) is 0 Å². The molecule has 5 atom stereocenters. The number of carbonyl (C=O) groups excluding carboxylic acids is 2. The number of rotatable bonds is 1. The maximum atomic E-state index is 12.4. The molecule has 2 heterocycles. The molecule has 0 spiro atoms. The Morgan fingerprint density at radius 1 is 1.10 bits per heavy atom. The van der Waals surface area contributed by atoms with E-state index in [1.807, 2.05) is 30.3 Å². The van der Waals surface area contributed by atoms with Gasteiger partial charge in [0.15, 0.2) is 5.78 Å². The van der Waals surface area contributed by atoms with Gasteiger partial charge in [-0.25, -0.2) is 4.99 Å². The van der Waals surface area contributed by atoms with Crippen molar-refractivity contribution in [2.24, 2.45) is 4.99 Å². The molecule has 2 aliphatic rings. The number of cyclic esters (lactones) is 1. The first-order valence-corrected chi connectivity index (χ1v) is 11.2. The fourth-order valence-electron chi connectivity index (χ4n) is 3.81. The zero-order valence-corrected chi connectivity index (χ0v) is 18.5. The summed E-state index contributed by atoms with van der Waals surface area (Å²) in [6.45, 7) is 2.21. The van der Waals surface area contributed by atoms with Gasteiger partial charge in [0.05, 0.1) is 5.25 Å². The number of fused-ring (bicyclic) bond motifs is 1. The number of aliphatic imine (C=N–C) groups is 1. The van der Waals surface area contributed by atoms with E-state index in [2.05, 4.69) is 4.99 Å². The van der Waals surface area contributed by atoms with Crippen LogP contribution in [0.5, 0.6) is 0 Å².